The minimum Gasteiger partial charge on any atom is -0.379 e. The summed E-state index contributed by atoms with van der Waals surface area (Å²) in [5, 5.41) is 0.673. The highest BCUT2D eigenvalue weighted by atomic mass is 32.2. The lowest BCUT2D eigenvalue weighted by Crippen LogP contribution is -2.39. The predicted octanol–water partition coefficient (Wildman–Crippen LogP) is 5.04. The third-order valence-corrected chi connectivity index (χ3v) is 9.95. The second-order valence-electron chi connectivity index (χ2n) is 9.81. The molecule has 39 heavy (non-hydrogen) atoms. The Kier molecular flexibility index (Phi) is 10.5. The van der Waals surface area contributed by atoms with E-state index in [9.17, 15) is 13.2 Å². The molecule has 2 heterocycles. The molecule has 212 valence electrons. The van der Waals surface area contributed by atoms with Crippen LogP contribution in [0.25, 0.3) is 10.2 Å². The average Bonchev–Trinajstić information content (AvgIpc) is 3.40. The standard InChI is InChI=1S/C29H40N4O4S2/c1-4-15-32(16-5-2)39(35,36)25-13-11-24(12-14-25)28(34)33(18-8-17-31-19-21-37-22-20-31)29-30-27-23(6-3)9-7-10-26(27)38-29/h7,9-14H,4-6,8,15-22H2,1-3H3. The number of hydrogen-bond donors (Lipinski definition) is 0. The Morgan fingerprint density at radius 2 is 1.69 bits per heavy atom. The van der Waals surface area contributed by atoms with Gasteiger partial charge in [-0.2, -0.15) is 4.31 Å². The van der Waals surface area contributed by atoms with Crippen LogP contribution in [0.3, 0.4) is 0 Å². The molecule has 1 amide bonds. The van der Waals surface area contributed by atoms with Crippen molar-refractivity contribution in [3.05, 3.63) is 53.6 Å². The van der Waals surface area contributed by atoms with Gasteiger partial charge in [0.25, 0.3) is 5.91 Å². The number of aryl methyl sites for hydroxylation is 1. The predicted molar refractivity (Wildman–Crippen MR) is 158 cm³/mol. The van der Waals surface area contributed by atoms with Gasteiger partial charge in [0.05, 0.1) is 28.3 Å². The molecule has 1 fully saturated rings. The van der Waals surface area contributed by atoms with Crippen molar-refractivity contribution in [1.82, 2.24) is 14.2 Å². The number of carbonyl (C=O) groups excluding carboxylic acids is 1. The molecule has 0 aliphatic carbocycles. The van der Waals surface area contributed by atoms with Gasteiger partial charge in [-0.3, -0.25) is 14.6 Å². The summed E-state index contributed by atoms with van der Waals surface area (Å²) in [7, 11) is -3.61. The number of nitrogens with zero attached hydrogens (tertiary/aromatic N) is 4. The molecule has 2 aromatic carbocycles. The molecular formula is C29H40N4O4S2. The van der Waals surface area contributed by atoms with E-state index in [0.29, 0.717) is 30.3 Å². The summed E-state index contributed by atoms with van der Waals surface area (Å²) in [5.41, 5.74) is 2.56. The lowest BCUT2D eigenvalue weighted by atomic mass is 10.1. The van der Waals surface area contributed by atoms with Gasteiger partial charge in [0.15, 0.2) is 5.13 Å². The number of fused-ring (bicyclic) bond motifs is 1. The highest BCUT2D eigenvalue weighted by Gasteiger charge is 2.26. The van der Waals surface area contributed by atoms with Crippen molar-refractivity contribution < 1.29 is 17.9 Å². The van der Waals surface area contributed by atoms with E-state index >= 15 is 0 Å². The van der Waals surface area contributed by atoms with Gasteiger partial charge in [0.2, 0.25) is 10.0 Å². The van der Waals surface area contributed by atoms with Gasteiger partial charge >= 0.3 is 0 Å². The van der Waals surface area contributed by atoms with E-state index in [0.717, 1.165) is 74.3 Å². The van der Waals surface area contributed by atoms with E-state index in [1.807, 2.05) is 26.0 Å². The molecule has 0 N–H and O–H groups in total. The second kappa shape index (κ2) is 13.8. The number of ether oxygens (including phenoxy) is 1. The van der Waals surface area contributed by atoms with E-state index in [4.69, 9.17) is 9.72 Å². The minimum absolute atomic E-state index is 0.169. The highest BCUT2D eigenvalue weighted by Crippen LogP contribution is 2.32. The number of anilines is 1. The normalized spacial score (nSPS) is 14.8. The molecule has 0 spiro atoms. The van der Waals surface area contributed by atoms with Crippen LogP contribution in [-0.2, 0) is 21.2 Å². The smallest absolute Gasteiger partial charge is 0.260 e. The number of hydrogen-bond acceptors (Lipinski definition) is 7. The molecule has 4 rings (SSSR count). The zero-order valence-electron chi connectivity index (χ0n) is 23.3. The molecule has 0 saturated carbocycles. The first-order valence-corrected chi connectivity index (χ1v) is 16.2. The first-order valence-electron chi connectivity index (χ1n) is 14.0. The number of amides is 1. The fourth-order valence-corrected chi connectivity index (χ4v) is 7.54. The van der Waals surface area contributed by atoms with Crippen LogP contribution in [-0.4, -0.2) is 81.0 Å². The summed E-state index contributed by atoms with van der Waals surface area (Å²) in [6, 6.07) is 12.5. The zero-order chi connectivity index (χ0) is 27.8. The number of thiazole rings is 1. The lowest BCUT2D eigenvalue weighted by Gasteiger charge is -2.27. The third-order valence-electron chi connectivity index (χ3n) is 6.99. The maximum Gasteiger partial charge on any atom is 0.260 e. The number of para-hydroxylation sites is 1. The first-order chi connectivity index (χ1) is 18.9. The molecule has 1 saturated heterocycles. The summed E-state index contributed by atoms with van der Waals surface area (Å²) < 4.78 is 34.5. The monoisotopic (exact) mass is 572 g/mol. The van der Waals surface area contributed by atoms with E-state index in [1.165, 1.54) is 15.6 Å². The molecule has 0 radical (unpaired) electrons. The molecule has 8 nitrogen and oxygen atoms in total. The van der Waals surface area contributed by atoms with Crippen molar-refractivity contribution in [2.24, 2.45) is 0 Å². The molecule has 1 aliphatic heterocycles. The number of rotatable bonds is 13. The summed E-state index contributed by atoms with van der Waals surface area (Å²) in [5.74, 6) is -0.169. The van der Waals surface area contributed by atoms with Crippen LogP contribution in [0.1, 0.15) is 56.0 Å². The molecule has 10 heteroatoms. The molecule has 0 atom stereocenters. The Morgan fingerprint density at radius 1 is 1.00 bits per heavy atom. The topological polar surface area (TPSA) is 83.1 Å². The molecular weight excluding hydrogens is 532 g/mol. The molecule has 3 aromatic rings. The van der Waals surface area contributed by atoms with Gasteiger partial charge in [0.1, 0.15) is 0 Å². The largest absolute Gasteiger partial charge is 0.379 e. The average molecular weight is 573 g/mol. The van der Waals surface area contributed by atoms with Crippen LogP contribution in [0.2, 0.25) is 0 Å². The Hall–Kier alpha value is -2.37. The van der Waals surface area contributed by atoms with Gasteiger partial charge in [-0.1, -0.05) is 44.2 Å². The summed E-state index contributed by atoms with van der Waals surface area (Å²) in [6.07, 6.45) is 3.17. The van der Waals surface area contributed by atoms with Crippen LogP contribution in [0.4, 0.5) is 5.13 Å². The quantitative estimate of drug-likeness (QED) is 0.286. The van der Waals surface area contributed by atoms with E-state index in [2.05, 4.69) is 17.9 Å². The van der Waals surface area contributed by atoms with Gasteiger partial charge in [-0.25, -0.2) is 13.4 Å². The fourth-order valence-electron chi connectivity index (χ4n) is 4.88. The van der Waals surface area contributed by atoms with Gasteiger partial charge in [-0.05, 0) is 61.6 Å². The lowest BCUT2D eigenvalue weighted by molar-refractivity contribution is 0.0376. The Bertz CT molecular complexity index is 1330. The Balaban J connectivity index is 1.59. The molecule has 0 bridgehead atoms. The summed E-state index contributed by atoms with van der Waals surface area (Å²) in [4.78, 5) is 23.1. The first kappa shape index (κ1) is 29.6. The molecule has 1 aromatic heterocycles. The molecule has 0 unspecified atom stereocenters. The van der Waals surface area contributed by atoms with Crippen LogP contribution >= 0.6 is 11.3 Å². The number of carbonyl (C=O) groups is 1. The Morgan fingerprint density at radius 3 is 2.33 bits per heavy atom. The highest BCUT2D eigenvalue weighted by molar-refractivity contribution is 7.89. The van der Waals surface area contributed by atoms with E-state index in [-0.39, 0.29) is 10.8 Å². The van der Waals surface area contributed by atoms with Crippen LogP contribution < -0.4 is 4.90 Å². The summed E-state index contributed by atoms with van der Waals surface area (Å²) in [6.45, 7) is 11.7. The van der Waals surface area contributed by atoms with Crippen LogP contribution in [0.15, 0.2) is 47.4 Å². The number of morpholine rings is 1. The number of aromatic nitrogens is 1. The Labute approximate surface area is 236 Å². The van der Waals surface area contributed by atoms with Gasteiger partial charge in [0, 0.05) is 44.8 Å². The van der Waals surface area contributed by atoms with Crippen molar-refractivity contribution in [2.45, 2.75) is 51.3 Å². The molecule has 1 aliphatic rings. The van der Waals surface area contributed by atoms with Crippen molar-refractivity contribution in [3.63, 3.8) is 0 Å². The van der Waals surface area contributed by atoms with Crippen LogP contribution in [0.5, 0.6) is 0 Å². The zero-order valence-corrected chi connectivity index (χ0v) is 24.9. The second-order valence-corrected chi connectivity index (χ2v) is 12.8. The maximum absolute atomic E-state index is 13.9. The number of sulfonamides is 1. The maximum atomic E-state index is 13.9. The summed E-state index contributed by atoms with van der Waals surface area (Å²) >= 11 is 1.52. The minimum atomic E-state index is -3.61. The van der Waals surface area contributed by atoms with Crippen molar-refractivity contribution in [2.75, 3.05) is 57.4 Å². The van der Waals surface area contributed by atoms with E-state index in [1.54, 1.807) is 29.2 Å². The van der Waals surface area contributed by atoms with Crippen molar-refractivity contribution in [1.29, 1.82) is 0 Å². The van der Waals surface area contributed by atoms with Crippen molar-refractivity contribution in [3.8, 4) is 0 Å². The van der Waals surface area contributed by atoms with Gasteiger partial charge < -0.3 is 4.74 Å². The van der Waals surface area contributed by atoms with Gasteiger partial charge in [-0.15, -0.1) is 0 Å². The third kappa shape index (κ3) is 7.05. The van der Waals surface area contributed by atoms with Crippen LogP contribution in [0, 0.1) is 0 Å². The van der Waals surface area contributed by atoms with Crippen molar-refractivity contribution >= 4 is 42.6 Å². The number of benzene rings is 2. The van der Waals surface area contributed by atoms with E-state index < -0.39 is 10.0 Å². The fraction of sp³-hybridized carbons (Fsp3) is 0.517. The SMILES string of the molecule is CCCN(CCC)S(=O)(=O)c1ccc(C(=O)N(CCCN2CCOCC2)c2nc3c(CC)cccc3s2)cc1.